The highest BCUT2D eigenvalue weighted by Crippen LogP contribution is 2.30. The lowest BCUT2D eigenvalue weighted by Crippen LogP contribution is -2.47. The molecular formula is C20H24N6O. The number of rotatable bonds is 5. The number of benzene rings is 1. The van der Waals surface area contributed by atoms with E-state index in [1.165, 1.54) is 0 Å². The minimum Gasteiger partial charge on any atom is -0.478 e. The van der Waals surface area contributed by atoms with Gasteiger partial charge < -0.3 is 9.64 Å². The molecule has 7 nitrogen and oxygen atoms in total. The van der Waals surface area contributed by atoms with Gasteiger partial charge in [0.25, 0.3) is 0 Å². The van der Waals surface area contributed by atoms with Gasteiger partial charge in [0.2, 0.25) is 11.8 Å². The van der Waals surface area contributed by atoms with Gasteiger partial charge in [-0.2, -0.15) is 0 Å². The van der Waals surface area contributed by atoms with Gasteiger partial charge in [0.1, 0.15) is 0 Å². The molecule has 0 aliphatic carbocycles. The van der Waals surface area contributed by atoms with Crippen LogP contribution in [0.3, 0.4) is 0 Å². The van der Waals surface area contributed by atoms with Crippen molar-refractivity contribution in [3.8, 4) is 17.0 Å². The van der Waals surface area contributed by atoms with Crippen molar-refractivity contribution < 1.29 is 4.74 Å². The highest BCUT2D eigenvalue weighted by atomic mass is 16.5. The summed E-state index contributed by atoms with van der Waals surface area (Å²) >= 11 is 0. The van der Waals surface area contributed by atoms with Crippen molar-refractivity contribution in [3.05, 3.63) is 42.7 Å². The van der Waals surface area contributed by atoms with Gasteiger partial charge in [-0.3, -0.25) is 5.43 Å². The number of likely N-dealkylation sites (N-methyl/N-ethyl adjacent to an activating group) is 1. The molecule has 0 spiro atoms. The molecule has 1 aliphatic heterocycles. The average Bonchev–Trinajstić information content (AvgIpc) is 2.70. The molecule has 27 heavy (non-hydrogen) atoms. The quantitative estimate of drug-likeness (QED) is 0.746. The molecule has 3 heterocycles. The Bertz CT molecular complexity index is 923. The normalized spacial score (nSPS) is 15.8. The number of aromatic nitrogens is 3. The van der Waals surface area contributed by atoms with E-state index in [1.54, 1.807) is 6.20 Å². The fourth-order valence-electron chi connectivity index (χ4n) is 3.18. The largest absolute Gasteiger partial charge is 0.478 e. The van der Waals surface area contributed by atoms with Gasteiger partial charge in [-0.1, -0.05) is 6.07 Å². The smallest absolute Gasteiger partial charge is 0.238 e. The van der Waals surface area contributed by atoms with Crippen LogP contribution in [0.1, 0.15) is 6.92 Å². The Morgan fingerprint density at radius 2 is 1.96 bits per heavy atom. The summed E-state index contributed by atoms with van der Waals surface area (Å²) in [6.07, 6.45) is 3.61. The van der Waals surface area contributed by atoms with Gasteiger partial charge in [0, 0.05) is 49.5 Å². The predicted molar refractivity (Wildman–Crippen MR) is 107 cm³/mol. The summed E-state index contributed by atoms with van der Waals surface area (Å²) in [6.45, 7) is 6.54. The summed E-state index contributed by atoms with van der Waals surface area (Å²) in [7, 11) is 2.14. The third-order valence-corrected chi connectivity index (χ3v) is 4.70. The van der Waals surface area contributed by atoms with E-state index in [2.05, 4.69) is 49.5 Å². The maximum atomic E-state index is 5.65. The number of anilines is 1. The number of fused-ring (bicyclic) bond motifs is 1. The molecule has 1 fully saturated rings. The first kappa shape index (κ1) is 17.6. The second-order valence-corrected chi connectivity index (χ2v) is 6.66. The summed E-state index contributed by atoms with van der Waals surface area (Å²) in [5.41, 5.74) is 6.25. The summed E-state index contributed by atoms with van der Waals surface area (Å²) in [4.78, 5) is 15.8. The van der Waals surface area contributed by atoms with Gasteiger partial charge in [-0.25, -0.2) is 20.0 Å². The molecule has 0 bridgehead atoms. The van der Waals surface area contributed by atoms with Crippen molar-refractivity contribution in [1.29, 1.82) is 0 Å². The monoisotopic (exact) mass is 364 g/mol. The van der Waals surface area contributed by atoms with E-state index in [1.807, 2.05) is 31.3 Å². The van der Waals surface area contributed by atoms with Crippen molar-refractivity contribution in [1.82, 2.24) is 24.9 Å². The van der Waals surface area contributed by atoms with Gasteiger partial charge in [-0.15, -0.1) is 0 Å². The molecule has 1 aliphatic rings. The first-order valence-electron chi connectivity index (χ1n) is 9.28. The molecule has 0 unspecified atom stereocenters. The molecular weight excluding hydrogens is 340 g/mol. The van der Waals surface area contributed by atoms with Crippen molar-refractivity contribution in [3.63, 3.8) is 0 Å². The molecule has 1 saturated heterocycles. The third-order valence-electron chi connectivity index (χ3n) is 4.70. The zero-order valence-electron chi connectivity index (χ0n) is 15.7. The first-order chi connectivity index (χ1) is 13.2. The molecule has 3 aromatic rings. The molecule has 1 aromatic carbocycles. The highest BCUT2D eigenvalue weighted by molar-refractivity contribution is 5.85. The van der Waals surface area contributed by atoms with Gasteiger partial charge in [0.05, 0.1) is 12.1 Å². The SMILES string of the molecule is CCOc1ncccc1-c1ccc2nc(NN3CCN(C)CC3)ncc2c1. The fourth-order valence-corrected chi connectivity index (χ4v) is 3.18. The van der Waals surface area contributed by atoms with Gasteiger partial charge in [0.15, 0.2) is 0 Å². The van der Waals surface area contributed by atoms with E-state index in [0.717, 1.165) is 48.2 Å². The first-order valence-corrected chi connectivity index (χ1v) is 9.28. The zero-order valence-corrected chi connectivity index (χ0v) is 15.7. The van der Waals surface area contributed by atoms with E-state index in [-0.39, 0.29) is 0 Å². The van der Waals surface area contributed by atoms with Crippen LogP contribution in [-0.2, 0) is 0 Å². The second kappa shape index (κ2) is 7.85. The number of pyridine rings is 1. The Labute approximate surface area is 159 Å². The Morgan fingerprint density at radius 1 is 1.11 bits per heavy atom. The van der Waals surface area contributed by atoms with E-state index in [0.29, 0.717) is 18.4 Å². The predicted octanol–water partition coefficient (Wildman–Crippen LogP) is 2.66. The lowest BCUT2D eigenvalue weighted by Gasteiger charge is -2.32. The number of nitrogens with zero attached hydrogens (tertiary/aromatic N) is 5. The summed E-state index contributed by atoms with van der Waals surface area (Å²) in [5.74, 6) is 1.28. The lowest BCUT2D eigenvalue weighted by atomic mass is 10.1. The van der Waals surface area contributed by atoms with Crippen molar-refractivity contribution in [2.75, 3.05) is 45.3 Å². The van der Waals surface area contributed by atoms with Crippen LogP contribution in [0, 0.1) is 0 Å². The minimum absolute atomic E-state index is 0.585. The molecule has 140 valence electrons. The standard InChI is InChI=1S/C20H24N6O/c1-3-27-19-17(5-4-8-21-19)15-6-7-18-16(13-15)14-22-20(23-18)24-26-11-9-25(2)10-12-26/h4-8,13-14H,3,9-12H2,1-2H3,(H,22,23,24). The van der Waals surface area contributed by atoms with Gasteiger partial charge >= 0.3 is 0 Å². The number of nitrogens with one attached hydrogen (secondary N) is 1. The Balaban J connectivity index is 1.57. The lowest BCUT2D eigenvalue weighted by molar-refractivity contribution is 0.178. The minimum atomic E-state index is 0.585. The van der Waals surface area contributed by atoms with Crippen LogP contribution in [0.25, 0.3) is 22.0 Å². The maximum Gasteiger partial charge on any atom is 0.238 e. The number of hydrogen-bond acceptors (Lipinski definition) is 7. The Kier molecular flexibility index (Phi) is 5.13. The van der Waals surface area contributed by atoms with Crippen LogP contribution in [0.2, 0.25) is 0 Å². The van der Waals surface area contributed by atoms with E-state index in [4.69, 9.17) is 4.74 Å². The van der Waals surface area contributed by atoms with Crippen LogP contribution in [0.4, 0.5) is 5.95 Å². The van der Waals surface area contributed by atoms with E-state index < -0.39 is 0 Å². The number of hydrogen-bond donors (Lipinski definition) is 1. The van der Waals surface area contributed by atoms with E-state index in [9.17, 15) is 0 Å². The van der Waals surface area contributed by atoms with Crippen molar-refractivity contribution >= 4 is 16.9 Å². The number of piperazine rings is 1. The molecule has 0 amide bonds. The molecule has 2 aromatic heterocycles. The summed E-state index contributed by atoms with van der Waals surface area (Å²) < 4.78 is 5.65. The second-order valence-electron chi connectivity index (χ2n) is 6.66. The van der Waals surface area contributed by atoms with Crippen LogP contribution in [0.5, 0.6) is 5.88 Å². The maximum absolute atomic E-state index is 5.65. The summed E-state index contributed by atoms with van der Waals surface area (Å²) in [5, 5.41) is 3.15. The zero-order chi connectivity index (χ0) is 18.6. The highest BCUT2D eigenvalue weighted by Gasteiger charge is 2.15. The van der Waals surface area contributed by atoms with Crippen LogP contribution in [0.15, 0.2) is 42.7 Å². The van der Waals surface area contributed by atoms with Crippen molar-refractivity contribution in [2.45, 2.75) is 6.92 Å². The molecule has 0 saturated carbocycles. The molecule has 4 rings (SSSR count). The van der Waals surface area contributed by atoms with Gasteiger partial charge in [-0.05, 0) is 43.8 Å². The van der Waals surface area contributed by atoms with Crippen LogP contribution >= 0.6 is 0 Å². The van der Waals surface area contributed by atoms with Crippen LogP contribution in [-0.4, -0.2) is 64.7 Å². The van der Waals surface area contributed by atoms with E-state index >= 15 is 0 Å². The molecule has 0 radical (unpaired) electrons. The molecule has 0 atom stereocenters. The topological polar surface area (TPSA) is 66.4 Å². The third kappa shape index (κ3) is 3.99. The Morgan fingerprint density at radius 3 is 2.78 bits per heavy atom. The van der Waals surface area contributed by atoms with Crippen molar-refractivity contribution in [2.24, 2.45) is 0 Å². The average molecular weight is 364 g/mol. The fraction of sp³-hybridized carbons (Fsp3) is 0.350. The number of hydrazine groups is 1. The molecule has 1 N–H and O–H groups in total. The van der Waals surface area contributed by atoms with Crippen LogP contribution < -0.4 is 10.2 Å². The Hall–Kier alpha value is -2.77. The summed E-state index contributed by atoms with van der Waals surface area (Å²) in [6, 6.07) is 10.1. The molecule has 7 heteroatoms. The number of ether oxygens (including phenoxy) is 1.